The summed E-state index contributed by atoms with van der Waals surface area (Å²) in [7, 11) is 0. The molecule has 1 N–H and O–H groups in total. The quantitative estimate of drug-likeness (QED) is 0.940. The van der Waals surface area contributed by atoms with Crippen molar-refractivity contribution >= 4 is 0 Å². The summed E-state index contributed by atoms with van der Waals surface area (Å²) in [5.41, 5.74) is 2.14. The first-order chi connectivity index (χ1) is 10.3. The summed E-state index contributed by atoms with van der Waals surface area (Å²) in [6.45, 7) is 1.37. The van der Waals surface area contributed by atoms with Gasteiger partial charge in [-0.3, -0.25) is 0 Å². The lowest BCUT2D eigenvalue weighted by molar-refractivity contribution is 0.214. The minimum Gasteiger partial charge on any atom is -0.491 e. The highest BCUT2D eigenvalue weighted by Crippen LogP contribution is 2.33. The molecule has 0 spiro atoms. The van der Waals surface area contributed by atoms with E-state index in [0.717, 1.165) is 30.0 Å². The number of nitrogens with one attached hydrogen (secondary N) is 1. The van der Waals surface area contributed by atoms with Crippen molar-refractivity contribution in [3.63, 3.8) is 0 Å². The maximum absolute atomic E-state index is 13.2. The lowest BCUT2D eigenvalue weighted by atomic mass is 10.1. The number of hydrogen-bond donors (Lipinski definition) is 1. The molecule has 2 aromatic rings. The highest BCUT2D eigenvalue weighted by Gasteiger charge is 2.27. The van der Waals surface area contributed by atoms with Crippen molar-refractivity contribution in [1.29, 1.82) is 0 Å². The summed E-state index contributed by atoms with van der Waals surface area (Å²) < 4.78 is 24.7. The van der Waals surface area contributed by atoms with Crippen LogP contribution in [0.4, 0.5) is 4.39 Å². The fourth-order valence-corrected chi connectivity index (χ4v) is 3.01. The van der Waals surface area contributed by atoms with Crippen molar-refractivity contribution in [1.82, 2.24) is 5.32 Å². The van der Waals surface area contributed by atoms with Gasteiger partial charge in [0.05, 0.1) is 6.04 Å². The molecule has 0 fully saturated rings. The number of ether oxygens (including phenoxy) is 2. The number of hydrogen-bond acceptors (Lipinski definition) is 3. The Balaban J connectivity index is 1.39. The van der Waals surface area contributed by atoms with E-state index in [2.05, 4.69) is 11.4 Å². The summed E-state index contributed by atoms with van der Waals surface area (Å²) in [4.78, 5) is 0. The van der Waals surface area contributed by atoms with Gasteiger partial charge in [-0.15, -0.1) is 0 Å². The molecular weight excluding hydrogens is 269 g/mol. The van der Waals surface area contributed by atoms with Gasteiger partial charge in [0.15, 0.2) is 0 Å². The third-order valence-electron chi connectivity index (χ3n) is 4.06. The van der Waals surface area contributed by atoms with E-state index in [4.69, 9.17) is 9.47 Å². The van der Waals surface area contributed by atoms with E-state index in [1.807, 2.05) is 18.2 Å². The zero-order valence-electron chi connectivity index (χ0n) is 11.5. The highest BCUT2D eigenvalue weighted by atomic mass is 19.1. The zero-order chi connectivity index (χ0) is 14.2. The molecule has 4 heteroatoms. The van der Waals surface area contributed by atoms with Crippen LogP contribution in [0.5, 0.6) is 11.5 Å². The normalized spacial score (nSPS) is 22.3. The predicted octanol–water partition coefficient (Wildman–Crippen LogP) is 2.85. The van der Waals surface area contributed by atoms with Gasteiger partial charge in [0.25, 0.3) is 0 Å². The van der Waals surface area contributed by atoms with Gasteiger partial charge in [-0.2, -0.15) is 0 Å². The van der Waals surface area contributed by atoms with Crippen LogP contribution >= 0.6 is 0 Å². The Morgan fingerprint density at radius 3 is 3.00 bits per heavy atom. The van der Waals surface area contributed by atoms with Crippen molar-refractivity contribution in [2.24, 2.45) is 0 Å². The van der Waals surface area contributed by atoms with E-state index in [0.29, 0.717) is 6.61 Å². The number of fused-ring (bicyclic) bond motifs is 2. The summed E-state index contributed by atoms with van der Waals surface area (Å²) in [5, 5.41) is 3.49. The van der Waals surface area contributed by atoms with Gasteiger partial charge in [-0.25, -0.2) is 4.39 Å². The summed E-state index contributed by atoms with van der Waals surface area (Å²) in [6.07, 6.45) is 0.796. The third-order valence-corrected chi connectivity index (χ3v) is 4.06. The number of halogens is 1. The molecule has 0 saturated heterocycles. The molecule has 2 aliphatic heterocycles. The number of benzene rings is 2. The van der Waals surface area contributed by atoms with Gasteiger partial charge in [0.1, 0.15) is 30.0 Å². The van der Waals surface area contributed by atoms with Gasteiger partial charge >= 0.3 is 0 Å². The molecule has 108 valence electrons. The van der Waals surface area contributed by atoms with E-state index in [9.17, 15) is 4.39 Å². The maximum Gasteiger partial charge on any atom is 0.124 e. The molecule has 2 aliphatic rings. The molecule has 0 saturated carbocycles. The minimum atomic E-state index is -0.205. The second-order valence-corrected chi connectivity index (χ2v) is 5.51. The third kappa shape index (κ3) is 2.36. The van der Waals surface area contributed by atoms with Gasteiger partial charge in [0, 0.05) is 24.1 Å². The molecule has 0 radical (unpaired) electrons. The Morgan fingerprint density at radius 1 is 1.14 bits per heavy atom. The molecule has 2 heterocycles. The van der Waals surface area contributed by atoms with E-state index in [1.165, 1.54) is 11.6 Å². The van der Waals surface area contributed by atoms with Crippen LogP contribution in [0.3, 0.4) is 0 Å². The first kappa shape index (κ1) is 12.7. The Morgan fingerprint density at radius 2 is 2.05 bits per heavy atom. The molecule has 0 aromatic heterocycles. The first-order valence-corrected chi connectivity index (χ1v) is 7.20. The van der Waals surface area contributed by atoms with Crippen molar-refractivity contribution in [3.8, 4) is 11.5 Å². The lowest BCUT2D eigenvalue weighted by Gasteiger charge is -2.16. The first-order valence-electron chi connectivity index (χ1n) is 7.20. The smallest absolute Gasteiger partial charge is 0.124 e. The van der Waals surface area contributed by atoms with Crippen LogP contribution in [0, 0.1) is 5.82 Å². The molecule has 2 unspecified atom stereocenters. The van der Waals surface area contributed by atoms with Crippen LogP contribution in [0.2, 0.25) is 0 Å². The molecule has 0 bridgehead atoms. The van der Waals surface area contributed by atoms with E-state index >= 15 is 0 Å². The summed E-state index contributed by atoms with van der Waals surface area (Å²) in [5.74, 6) is 1.54. The summed E-state index contributed by atoms with van der Waals surface area (Å²) >= 11 is 0. The SMILES string of the molecule is Fc1ccc2c(c1)CC(CNC1COc3ccccc31)O2. The molecular formula is C17H16FNO2. The molecule has 0 aliphatic carbocycles. The topological polar surface area (TPSA) is 30.5 Å². The number of para-hydroxylation sites is 1. The second kappa shape index (κ2) is 5.04. The standard InChI is InChI=1S/C17H16FNO2/c18-12-5-6-16-11(7-12)8-13(21-16)9-19-15-10-20-17-4-2-1-3-14(15)17/h1-7,13,15,19H,8-10H2. The molecule has 0 amide bonds. The fourth-order valence-electron chi connectivity index (χ4n) is 3.01. The van der Waals surface area contributed by atoms with Gasteiger partial charge in [0.2, 0.25) is 0 Å². The largest absolute Gasteiger partial charge is 0.491 e. The van der Waals surface area contributed by atoms with Crippen LogP contribution in [-0.4, -0.2) is 19.3 Å². The predicted molar refractivity (Wildman–Crippen MR) is 77.2 cm³/mol. The van der Waals surface area contributed by atoms with E-state index in [1.54, 1.807) is 12.1 Å². The van der Waals surface area contributed by atoms with Gasteiger partial charge < -0.3 is 14.8 Å². The van der Waals surface area contributed by atoms with Crippen LogP contribution in [0.25, 0.3) is 0 Å². The average molecular weight is 285 g/mol. The van der Waals surface area contributed by atoms with Gasteiger partial charge in [-0.05, 0) is 24.3 Å². The van der Waals surface area contributed by atoms with Crippen LogP contribution in [0.15, 0.2) is 42.5 Å². The molecule has 2 aromatic carbocycles. The minimum absolute atomic E-state index is 0.0505. The Hall–Kier alpha value is -2.07. The molecule has 2 atom stereocenters. The van der Waals surface area contributed by atoms with Gasteiger partial charge in [-0.1, -0.05) is 18.2 Å². The lowest BCUT2D eigenvalue weighted by Crippen LogP contribution is -2.33. The number of rotatable bonds is 3. The second-order valence-electron chi connectivity index (χ2n) is 5.51. The Kier molecular flexibility index (Phi) is 3.04. The fraction of sp³-hybridized carbons (Fsp3) is 0.294. The van der Waals surface area contributed by atoms with Crippen molar-refractivity contribution in [3.05, 3.63) is 59.4 Å². The highest BCUT2D eigenvalue weighted by molar-refractivity contribution is 5.40. The average Bonchev–Trinajstić information content (AvgIpc) is 3.08. The zero-order valence-corrected chi connectivity index (χ0v) is 11.5. The van der Waals surface area contributed by atoms with E-state index < -0.39 is 0 Å². The maximum atomic E-state index is 13.2. The summed E-state index contributed by atoms with van der Waals surface area (Å²) in [6, 6.07) is 13.0. The van der Waals surface area contributed by atoms with Crippen molar-refractivity contribution < 1.29 is 13.9 Å². The van der Waals surface area contributed by atoms with Crippen LogP contribution in [0.1, 0.15) is 17.2 Å². The van der Waals surface area contributed by atoms with E-state index in [-0.39, 0.29) is 18.0 Å². The van der Waals surface area contributed by atoms with Crippen molar-refractivity contribution in [2.75, 3.05) is 13.2 Å². The monoisotopic (exact) mass is 285 g/mol. The Bertz CT molecular complexity index is 674. The van der Waals surface area contributed by atoms with Crippen LogP contribution < -0.4 is 14.8 Å². The molecule has 3 nitrogen and oxygen atoms in total. The molecule has 21 heavy (non-hydrogen) atoms. The molecule has 4 rings (SSSR count). The van der Waals surface area contributed by atoms with Crippen LogP contribution in [-0.2, 0) is 6.42 Å². The Labute approximate surface area is 122 Å². The van der Waals surface area contributed by atoms with Crippen molar-refractivity contribution in [2.45, 2.75) is 18.6 Å².